The van der Waals surface area contributed by atoms with E-state index in [2.05, 4.69) is 25.9 Å². The normalized spacial score (nSPS) is 12.4. The van der Waals surface area contributed by atoms with E-state index in [0.717, 1.165) is 6.42 Å². The molecule has 1 aromatic carbocycles. The van der Waals surface area contributed by atoms with Crippen molar-refractivity contribution in [3.63, 3.8) is 0 Å². The minimum absolute atomic E-state index is 0.0749. The summed E-state index contributed by atoms with van der Waals surface area (Å²) in [6, 6.07) is 6.73. The van der Waals surface area contributed by atoms with Crippen LogP contribution in [0.4, 0.5) is 0 Å². The lowest BCUT2D eigenvalue weighted by Gasteiger charge is -2.18. The fourth-order valence-electron chi connectivity index (χ4n) is 2.10. The van der Waals surface area contributed by atoms with Gasteiger partial charge in [0, 0.05) is 11.1 Å². The van der Waals surface area contributed by atoms with Crippen LogP contribution in [0.3, 0.4) is 0 Å². The highest BCUT2D eigenvalue weighted by Gasteiger charge is 2.15. The zero-order chi connectivity index (χ0) is 15.2. The highest BCUT2D eigenvalue weighted by atomic mass is 16.3. The number of tetrazole rings is 1. The Balaban J connectivity index is 2.10. The molecule has 0 bridgehead atoms. The van der Waals surface area contributed by atoms with Crippen molar-refractivity contribution < 1.29 is 9.90 Å². The molecule has 0 saturated heterocycles. The average Bonchev–Trinajstić information content (AvgIpc) is 3.00. The zero-order valence-electron chi connectivity index (χ0n) is 12.1. The molecular weight excluding hydrogens is 270 g/mol. The summed E-state index contributed by atoms with van der Waals surface area (Å²) in [6.07, 6.45) is 0.729. The van der Waals surface area contributed by atoms with Crippen molar-refractivity contribution in [1.29, 1.82) is 0 Å². The fraction of sp³-hybridized carbons (Fsp3) is 0.429. The van der Waals surface area contributed by atoms with E-state index in [-0.39, 0.29) is 18.6 Å². The summed E-state index contributed by atoms with van der Waals surface area (Å²) < 4.78 is 0. The maximum atomic E-state index is 12.2. The van der Waals surface area contributed by atoms with Crippen LogP contribution in [0.25, 0.3) is 11.4 Å². The predicted octanol–water partition coefficient (Wildman–Crippen LogP) is 1.00. The van der Waals surface area contributed by atoms with Gasteiger partial charge in [0.25, 0.3) is 5.91 Å². The number of hydrogen-bond acceptors (Lipinski definition) is 5. The third kappa shape index (κ3) is 4.09. The van der Waals surface area contributed by atoms with Crippen molar-refractivity contribution >= 4 is 5.91 Å². The Morgan fingerprint density at radius 1 is 1.43 bits per heavy atom. The molecule has 0 fully saturated rings. The van der Waals surface area contributed by atoms with E-state index in [1.807, 2.05) is 13.8 Å². The van der Waals surface area contributed by atoms with Gasteiger partial charge in [-0.15, -0.1) is 10.2 Å². The standard InChI is InChI=1S/C14H19N5O2/c1-9(2)6-12(8-20)15-14(21)11-5-3-4-10(7-11)13-16-18-19-17-13/h3-5,7,9,12,20H,6,8H2,1-2H3,(H,15,21)(H,16,17,18,19). The number of aliphatic hydroxyl groups excluding tert-OH is 1. The summed E-state index contributed by atoms with van der Waals surface area (Å²) in [5.41, 5.74) is 1.21. The molecule has 0 aliphatic rings. The third-order valence-electron chi connectivity index (χ3n) is 3.04. The van der Waals surface area contributed by atoms with Crippen molar-refractivity contribution in [1.82, 2.24) is 25.9 Å². The van der Waals surface area contributed by atoms with Gasteiger partial charge in [-0.1, -0.05) is 26.0 Å². The number of H-pyrrole nitrogens is 1. The molecule has 0 spiro atoms. The fourth-order valence-corrected chi connectivity index (χ4v) is 2.10. The monoisotopic (exact) mass is 289 g/mol. The van der Waals surface area contributed by atoms with E-state index in [4.69, 9.17) is 0 Å². The van der Waals surface area contributed by atoms with Gasteiger partial charge >= 0.3 is 0 Å². The van der Waals surface area contributed by atoms with Gasteiger partial charge in [-0.25, -0.2) is 0 Å². The Labute approximate surface area is 122 Å². The van der Waals surface area contributed by atoms with Crippen LogP contribution >= 0.6 is 0 Å². The molecule has 112 valence electrons. The molecule has 21 heavy (non-hydrogen) atoms. The summed E-state index contributed by atoms with van der Waals surface area (Å²) in [4.78, 5) is 12.2. The number of benzene rings is 1. The van der Waals surface area contributed by atoms with Crippen LogP contribution in [-0.2, 0) is 0 Å². The maximum absolute atomic E-state index is 12.2. The molecule has 1 aromatic heterocycles. The molecule has 1 heterocycles. The number of carbonyl (C=O) groups excluding carboxylic acids is 1. The number of rotatable bonds is 6. The topological polar surface area (TPSA) is 104 Å². The number of amides is 1. The molecule has 0 aliphatic carbocycles. The molecule has 1 amide bonds. The van der Waals surface area contributed by atoms with Crippen LogP contribution in [0.2, 0.25) is 0 Å². The van der Waals surface area contributed by atoms with Crippen LogP contribution in [0.5, 0.6) is 0 Å². The van der Waals surface area contributed by atoms with Gasteiger partial charge in [-0.2, -0.15) is 5.21 Å². The van der Waals surface area contributed by atoms with Crippen molar-refractivity contribution in [2.24, 2.45) is 5.92 Å². The first-order valence-corrected chi connectivity index (χ1v) is 6.85. The minimum atomic E-state index is -0.244. The molecule has 1 atom stereocenters. The minimum Gasteiger partial charge on any atom is -0.394 e. The lowest BCUT2D eigenvalue weighted by Crippen LogP contribution is -2.38. The Hall–Kier alpha value is -2.28. The molecule has 7 heteroatoms. The van der Waals surface area contributed by atoms with Crippen molar-refractivity contribution in [3.8, 4) is 11.4 Å². The molecule has 0 radical (unpaired) electrons. The second-order valence-electron chi connectivity index (χ2n) is 5.30. The lowest BCUT2D eigenvalue weighted by molar-refractivity contribution is 0.0908. The van der Waals surface area contributed by atoms with Gasteiger partial charge < -0.3 is 10.4 Å². The molecule has 0 aliphatic heterocycles. The molecule has 7 nitrogen and oxygen atoms in total. The molecule has 2 aromatic rings. The van der Waals surface area contributed by atoms with Gasteiger partial charge in [0.1, 0.15) is 0 Å². The summed E-state index contributed by atoms with van der Waals surface area (Å²) >= 11 is 0. The van der Waals surface area contributed by atoms with Crippen LogP contribution in [0.15, 0.2) is 24.3 Å². The third-order valence-corrected chi connectivity index (χ3v) is 3.04. The summed E-state index contributed by atoms with van der Waals surface area (Å²) in [6.45, 7) is 4.02. The van der Waals surface area contributed by atoms with Gasteiger partial charge in [-0.3, -0.25) is 4.79 Å². The average molecular weight is 289 g/mol. The summed E-state index contributed by atoms with van der Waals surface area (Å²) in [5.74, 6) is 0.610. The Morgan fingerprint density at radius 3 is 2.86 bits per heavy atom. The highest BCUT2D eigenvalue weighted by molar-refractivity contribution is 5.95. The quantitative estimate of drug-likeness (QED) is 0.736. The van der Waals surface area contributed by atoms with E-state index < -0.39 is 0 Å². The Bertz CT molecular complexity index is 583. The first-order valence-electron chi connectivity index (χ1n) is 6.85. The van der Waals surface area contributed by atoms with Crippen LogP contribution in [0.1, 0.15) is 30.6 Å². The number of aromatic nitrogens is 4. The number of hydrogen-bond donors (Lipinski definition) is 3. The number of nitrogens with one attached hydrogen (secondary N) is 2. The van der Waals surface area contributed by atoms with Crippen LogP contribution < -0.4 is 5.32 Å². The first-order chi connectivity index (χ1) is 10.1. The van der Waals surface area contributed by atoms with Crippen molar-refractivity contribution in [3.05, 3.63) is 29.8 Å². The van der Waals surface area contributed by atoms with Crippen LogP contribution in [-0.4, -0.2) is 44.3 Å². The molecule has 0 saturated carbocycles. The van der Waals surface area contributed by atoms with Crippen molar-refractivity contribution in [2.75, 3.05) is 6.61 Å². The van der Waals surface area contributed by atoms with E-state index in [1.54, 1.807) is 24.3 Å². The van der Waals surface area contributed by atoms with Crippen molar-refractivity contribution in [2.45, 2.75) is 26.3 Å². The van der Waals surface area contributed by atoms with E-state index in [9.17, 15) is 9.90 Å². The Morgan fingerprint density at radius 2 is 2.24 bits per heavy atom. The SMILES string of the molecule is CC(C)CC(CO)NC(=O)c1cccc(-c2nn[nH]n2)c1. The van der Waals surface area contributed by atoms with Gasteiger partial charge in [0.15, 0.2) is 0 Å². The zero-order valence-corrected chi connectivity index (χ0v) is 12.1. The highest BCUT2D eigenvalue weighted by Crippen LogP contribution is 2.15. The molecule has 1 unspecified atom stereocenters. The second-order valence-corrected chi connectivity index (χ2v) is 5.30. The largest absolute Gasteiger partial charge is 0.394 e. The van der Waals surface area contributed by atoms with Crippen LogP contribution in [0, 0.1) is 5.92 Å². The second kappa shape index (κ2) is 6.94. The number of nitrogens with zero attached hydrogens (tertiary/aromatic N) is 3. The lowest BCUT2D eigenvalue weighted by atomic mass is 10.0. The van der Waals surface area contributed by atoms with Gasteiger partial charge in [0.2, 0.25) is 5.82 Å². The number of carbonyl (C=O) groups is 1. The molecule has 3 N–H and O–H groups in total. The predicted molar refractivity (Wildman–Crippen MR) is 77.4 cm³/mol. The first kappa shape index (κ1) is 15.1. The molecule has 2 rings (SSSR count). The maximum Gasteiger partial charge on any atom is 0.251 e. The van der Waals surface area contributed by atoms with E-state index in [1.165, 1.54) is 0 Å². The summed E-state index contributed by atoms with van der Waals surface area (Å²) in [5, 5.41) is 25.8. The number of aromatic amines is 1. The molecular formula is C14H19N5O2. The van der Waals surface area contributed by atoms with Gasteiger partial charge in [-0.05, 0) is 29.7 Å². The van der Waals surface area contributed by atoms with Gasteiger partial charge in [0.05, 0.1) is 12.6 Å². The van der Waals surface area contributed by atoms with E-state index in [0.29, 0.717) is 22.9 Å². The Kier molecular flexibility index (Phi) is 4.99. The number of aliphatic hydroxyl groups is 1. The van der Waals surface area contributed by atoms with E-state index >= 15 is 0 Å². The smallest absolute Gasteiger partial charge is 0.251 e. The summed E-state index contributed by atoms with van der Waals surface area (Å²) in [7, 11) is 0.